The number of hydrogen-bond acceptors (Lipinski definition) is 4. The summed E-state index contributed by atoms with van der Waals surface area (Å²) in [4.78, 5) is 16.4. The minimum atomic E-state index is -0.0704. The molecule has 26 heavy (non-hydrogen) atoms. The molecule has 1 amide bonds. The highest BCUT2D eigenvalue weighted by Crippen LogP contribution is 2.24. The number of ether oxygens (including phenoxy) is 2. The monoisotopic (exact) mass is 354 g/mol. The average Bonchev–Trinajstić information content (AvgIpc) is 2.69. The van der Waals surface area contributed by atoms with Gasteiger partial charge in [0.05, 0.1) is 26.2 Å². The Bertz CT molecular complexity index is 701. The summed E-state index contributed by atoms with van der Waals surface area (Å²) in [7, 11) is 4.04. The van der Waals surface area contributed by atoms with E-state index in [2.05, 4.69) is 29.2 Å². The van der Waals surface area contributed by atoms with Gasteiger partial charge in [0.15, 0.2) is 0 Å². The van der Waals surface area contributed by atoms with Crippen LogP contribution in [0.15, 0.2) is 54.6 Å². The molecule has 1 saturated heterocycles. The van der Waals surface area contributed by atoms with Crippen molar-refractivity contribution in [1.29, 1.82) is 0 Å². The summed E-state index contributed by atoms with van der Waals surface area (Å²) < 4.78 is 11.5. The maximum Gasteiger partial charge on any atom is 0.226 e. The third-order valence-corrected chi connectivity index (χ3v) is 4.53. The lowest BCUT2D eigenvalue weighted by Gasteiger charge is -2.33. The first-order chi connectivity index (χ1) is 12.6. The van der Waals surface area contributed by atoms with Crippen LogP contribution in [0.3, 0.4) is 0 Å². The minimum Gasteiger partial charge on any atom is -0.493 e. The molecule has 138 valence electrons. The number of rotatable bonds is 6. The third kappa shape index (κ3) is 4.76. The Morgan fingerprint density at radius 3 is 2.58 bits per heavy atom. The first-order valence-electron chi connectivity index (χ1n) is 8.98. The molecule has 1 unspecified atom stereocenters. The minimum absolute atomic E-state index is 0.0704. The molecule has 1 fully saturated rings. The largest absolute Gasteiger partial charge is 0.493 e. The highest BCUT2D eigenvalue weighted by atomic mass is 16.5. The number of para-hydroxylation sites is 1. The Morgan fingerprint density at radius 1 is 1.15 bits per heavy atom. The standard InChI is InChI=1S/C21H26N2O3/c1-22(2)18-10-8-17(9-11-18)20-16-23(13-15-26-20)21(24)12-14-25-19-6-4-3-5-7-19/h3-11,20H,12-16H2,1-2H3. The van der Waals surface area contributed by atoms with Gasteiger partial charge in [-0.1, -0.05) is 30.3 Å². The van der Waals surface area contributed by atoms with Gasteiger partial charge in [-0.05, 0) is 29.8 Å². The smallest absolute Gasteiger partial charge is 0.226 e. The lowest BCUT2D eigenvalue weighted by atomic mass is 10.1. The van der Waals surface area contributed by atoms with Crippen molar-refractivity contribution in [3.63, 3.8) is 0 Å². The molecule has 5 nitrogen and oxygen atoms in total. The van der Waals surface area contributed by atoms with E-state index in [1.807, 2.05) is 49.3 Å². The number of carbonyl (C=O) groups excluding carboxylic acids is 1. The fraction of sp³-hybridized carbons (Fsp3) is 0.381. The zero-order valence-electron chi connectivity index (χ0n) is 15.4. The van der Waals surface area contributed by atoms with Crippen molar-refractivity contribution in [1.82, 2.24) is 4.90 Å². The molecule has 0 bridgehead atoms. The van der Waals surface area contributed by atoms with Crippen LogP contribution in [-0.2, 0) is 9.53 Å². The van der Waals surface area contributed by atoms with Crippen LogP contribution in [0, 0.1) is 0 Å². The predicted octanol–water partition coefficient (Wildman–Crippen LogP) is 3.12. The van der Waals surface area contributed by atoms with Gasteiger partial charge < -0.3 is 19.3 Å². The van der Waals surface area contributed by atoms with Gasteiger partial charge in [0.25, 0.3) is 0 Å². The molecule has 1 atom stereocenters. The van der Waals surface area contributed by atoms with E-state index in [1.165, 1.54) is 0 Å². The van der Waals surface area contributed by atoms with Crippen LogP contribution in [-0.4, -0.2) is 51.2 Å². The molecule has 1 aliphatic heterocycles. The molecule has 3 rings (SSSR count). The zero-order valence-corrected chi connectivity index (χ0v) is 15.4. The Labute approximate surface area is 155 Å². The van der Waals surface area contributed by atoms with Gasteiger partial charge in [-0.25, -0.2) is 0 Å². The molecule has 0 saturated carbocycles. The molecule has 1 heterocycles. The highest BCUT2D eigenvalue weighted by molar-refractivity contribution is 5.76. The Balaban J connectivity index is 1.51. The lowest BCUT2D eigenvalue weighted by molar-refractivity contribution is -0.139. The van der Waals surface area contributed by atoms with E-state index in [4.69, 9.17) is 9.47 Å². The van der Waals surface area contributed by atoms with Gasteiger partial charge in [0, 0.05) is 26.3 Å². The van der Waals surface area contributed by atoms with Gasteiger partial charge >= 0.3 is 0 Å². The van der Waals surface area contributed by atoms with E-state index in [1.54, 1.807) is 0 Å². The van der Waals surface area contributed by atoms with Gasteiger partial charge in [0.2, 0.25) is 5.91 Å². The molecule has 5 heteroatoms. The number of morpholine rings is 1. The molecule has 0 radical (unpaired) electrons. The topological polar surface area (TPSA) is 42.0 Å². The lowest BCUT2D eigenvalue weighted by Crippen LogP contribution is -2.42. The van der Waals surface area contributed by atoms with Crippen LogP contribution < -0.4 is 9.64 Å². The van der Waals surface area contributed by atoms with Gasteiger partial charge in [-0.2, -0.15) is 0 Å². The number of hydrogen-bond donors (Lipinski definition) is 0. The summed E-state index contributed by atoms with van der Waals surface area (Å²) >= 11 is 0. The second-order valence-corrected chi connectivity index (χ2v) is 6.60. The SMILES string of the molecule is CN(C)c1ccc(C2CN(C(=O)CCOc3ccccc3)CCO2)cc1. The molecule has 0 aliphatic carbocycles. The predicted molar refractivity (Wildman–Crippen MR) is 103 cm³/mol. The summed E-state index contributed by atoms with van der Waals surface area (Å²) in [6.45, 7) is 2.18. The summed E-state index contributed by atoms with van der Waals surface area (Å²) in [6, 6.07) is 17.9. The summed E-state index contributed by atoms with van der Waals surface area (Å²) in [5.41, 5.74) is 2.25. The second kappa shape index (κ2) is 8.72. The molecule has 1 aliphatic rings. The molecule has 2 aromatic rings. The van der Waals surface area contributed by atoms with E-state index in [9.17, 15) is 4.79 Å². The number of amides is 1. The molecule has 0 N–H and O–H groups in total. The van der Waals surface area contributed by atoms with Crippen LogP contribution in [0.1, 0.15) is 18.1 Å². The summed E-state index contributed by atoms with van der Waals surface area (Å²) in [5, 5.41) is 0. The molecular formula is C21H26N2O3. The van der Waals surface area contributed by atoms with E-state index in [0.29, 0.717) is 32.7 Å². The Hall–Kier alpha value is -2.53. The third-order valence-electron chi connectivity index (χ3n) is 4.53. The van der Waals surface area contributed by atoms with Crippen molar-refractivity contribution in [3.8, 4) is 5.75 Å². The van der Waals surface area contributed by atoms with Crippen LogP contribution in [0.2, 0.25) is 0 Å². The maximum absolute atomic E-state index is 12.5. The van der Waals surface area contributed by atoms with Crippen LogP contribution in [0.25, 0.3) is 0 Å². The number of anilines is 1. The molecule has 0 aromatic heterocycles. The number of benzene rings is 2. The van der Waals surface area contributed by atoms with Crippen molar-refractivity contribution in [2.75, 3.05) is 45.3 Å². The zero-order chi connectivity index (χ0) is 18.4. The van der Waals surface area contributed by atoms with Crippen molar-refractivity contribution in [2.24, 2.45) is 0 Å². The van der Waals surface area contributed by atoms with E-state index < -0.39 is 0 Å². The maximum atomic E-state index is 12.5. The normalized spacial score (nSPS) is 17.0. The second-order valence-electron chi connectivity index (χ2n) is 6.60. The first-order valence-corrected chi connectivity index (χ1v) is 8.98. The quantitative estimate of drug-likeness (QED) is 0.799. The van der Waals surface area contributed by atoms with Gasteiger partial charge in [0.1, 0.15) is 11.9 Å². The fourth-order valence-electron chi connectivity index (χ4n) is 3.00. The summed E-state index contributed by atoms with van der Waals surface area (Å²) in [6.07, 6.45) is 0.306. The highest BCUT2D eigenvalue weighted by Gasteiger charge is 2.25. The van der Waals surface area contributed by atoms with Crippen molar-refractivity contribution in [2.45, 2.75) is 12.5 Å². The van der Waals surface area contributed by atoms with Crippen LogP contribution >= 0.6 is 0 Å². The van der Waals surface area contributed by atoms with E-state index >= 15 is 0 Å². The van der Waals surface area contributed by atoms with Gasteiger partial charge in [-0.15, -0.1) is 0 Å². The fourth-order valence-corrected chi connectivity index (χ4v) is 3.00. The summed E-state index contributed by atoms with van der Waals surface area (Å²) in [5.74, 6) is 0.903. The Morgan fingerprint density at radius 2 is 1.88 bits per heavy atom. The van der Waals surface area contributed by atoms with Crippen LogP contribution in [0.4, 0.5) is 5.69 Å². The number of carbonyl (C=O) groups is 1. The Kier molecular flexibility index (Phi) is 6.12. The van der Waals surface area contributed by atoms with Crippen molar-refractivity contribution < 1.29 is 14.3 Å². The van der Waals surface area contributed by atoms with Crippen LogP contribution in [0.5, 0.6) is 5.75 Å². The molecular weight excluding hydrogens is 328 g/mol. The van der Waals surface area contributed by atoms with E-state index in [0.717, 1.165) is 17.0 Å². The van der Waals surface area contributed by atoms with Gasteiger partial charge in [-0.3, -0.25) is 4.79 Å². The molecule has 2 aromatic carbocycles. The van der Waals surface area contributed by atoms with Crippen molar-refractivity contribution in [3.05, 3.63) is 60.2 Å². The molecule has 0 spiro atoms. The number of nitrogens with zero attached hydrogens (tertiary/aromatic N) is 2. The first kappa shape index (κ1) is 18.3. The average molecular weight is 354 g/mol. The van der Waals surface area contributed by atoms with E-state index in [-0.39, 0.29) is 12.0 Å². The van der Waals surface area contributed by atoms with Crippen molar-refractivity contribution >= 4 is 11.6 Å².